The number of rotatable bonds is 5. The molecule has 9 aromatic rings. The molecule has 0 amide bonds. The van der Waals surface area contributed by atoms with E-state index in [2.05, 4.69) is 152 Å². The van der Waals surface area contributed by atoms with Gasteiger partial charge >= 0.3 is 0 Å². The van der Waals surface area contributed by atoms with Crippen molar-refractivity contribution in [2.75, 3.05) is 0 Å². The minimum atomic E-state index is 0.865. The van der Waals surface area contributed by atoms with E-state index in [1.807, 2.05) is 0 Å². The second-order valence-corrected chi connectivity index (χ2v) is 14.6. The molecule has 9 aromatic carbocycles. The number of hydrogen-bond acceptors (Lipinski definition) is 0. The monoisotopic (exact) mass is 640 g/mol. The second-order valence-electron chi connectivity index (χ2n) is 14.6. The van der Waals surface area contributed by atoms with Gasteiger partial charge in [0.05, 0.1) is 0 Å². The summed E-state index contributed by atoms with van der Waals surface area (Å²) in [5.41, 5.74) is 6.74. The Morgan fingerprint density at radius 2 is 0.980 bits per heavy atom. The molecule has 10 rings (SSSR count). The van der Waals surface area contributed by atoms with Crippen LogP contribution in [0.2, 0.25) is 0 Å². The minimum absolute atomic E-state index is 0.865. The van der Waals surface area contributed by atoms with Crippen LogP contribution in [0.4, 0.5) is 0 Å². The Hall–Kier alpha value is -5.46. The van der Waals surface area contributed by atoms with Crippen LogP contribution in [-0.4, -0.2) is 0 Å². The molecule has 0 aromatic heterocycles. The lowest BCUT2D eigenvalue weighted by atomic mass is 9.82. The lowest BCUT2D eigenvalue weighted by Gasteiger charge is -2.22. The first-order valence-electron chi connectivity index (χ1n) is 18.6. The van der Waals surface area contributed by atoms with Gasteiger partial charge in [0.1, 0.15) is 0 Å². The molecule has 1 aliphatic carbocycles. The largest absolute Gasteiger partial charge is 0.0616 e. The van der Waals surface area contributed by atoms with Gasteiger partial charge in [0, 0.05) is 0 Å². The lowest BCUT2D eigenvalue weighted by Crippen LogP contribution is -2.07. The zero-order valence-corrected chi connectivity index (χ0v) is 28.5. The maximum atomic E-state index is 2.46. The van der Waals surface area contributed by atoms with Crippen LogP contribution >= 0.6 is 0 Å². The van der Waals surface area contributed by atoms with Crippen LogP contribution < -0.4 is 0 Å². The SMILES string of the molecule is c1ccc2cc(-c3c4ccccc4c(-c4cccc5c4ccc4c(CCC6CCCCC6)c6ccccc6cc45)c4ccccc34)ccc2c1. The standard InChI is InChI=1S/C50H40/c1-2-13-33(14-3-1)25-28-40-38-18-7-6-17-36(38)32-48-39-23-12-24-43(41(39)29-30-42(40)48)50-46-21-10-8-19-44(46)49(45-20-9-11-22-47(45)50)37-27-26-34-15-4-5-16-35(34)31-37/h4-12,15-24,26-27,29-33H,1-3,13-14,25,28H2. The Kier molecular flexibility index (Phi) is 7.16. The van der Waals surface area contributed by atoms with Crippen LogP contribution in [0.3, 0.4) is 0 Å². The van der Waals surface area contributed by atoms with Gasteiger partial charge < -0.3 is 0 Å². The van der Waals surface area contributed by atoms with Gasteiger partial charge in [-0.05, 0) is 123 Å². The first kappa shape index (κ1) is 29.5. The molecule has 0 N–H and O–H groups in total. The molecular weight excluding hydrogens is 601 g/mol. The van der Waals surface area contributed by atoms with Crippen molar-refractivity contribution in [2.24, 2.45) is 5.92 Å². The summed E-state index contributed by atoms with van der Waals surface area (Å²) in [6.45, 7) is 0. The number of fused-ring (bicyclic) bond motifs is 7. The topological polar surface area (TPSA) is 0 Å². The molecule has 0 unspecified atom stereocenters. The van der Waals surface area contributed by atoms with Crippen LogP contribution in [0.15, 0.2) is 152 Å². The predicted octanol–water partition coefficient (Wildman–Crippen LogP) is 14.5. The molecule has 0 aliphatic heterocycles. The Labute approximate surface area is 294 Å². The molecule has 1 fully saturated rings. The van der Waals surface area contributed by atoms with E-state index in [1.165, 1.54) is 131 Å². The smallest absolute Gasteiger partial charge is 0.00201 e. The fourth-order valence-corrected chi connectivity index (χ4v) is 9.38. The summed E-state index contributed by atoms with van der Waals surface area (Å²) in [7, 11) is 0. The molecule has 50 heavy (non-hydrogen) atoms. The van der Waals surface area contributed by atoms with Gasteiger partial charge in [-0.25, -0.2) is 0 Å². The van der Waals surface area contributed by atoms with E-state index in [9.17, 15) is 0 Å². The third kappa shape index (κ3) is 4.81. The molecule has 1 saturated carbocycles. The molecule has 1 aliphatic rings. The molecule has 0 bridgehead atoms. The molecule has 0 atom stereocenters. The number of hydrogen-bond donors (Lipinski definition) is 0. The normalized spacial score (nSPS) is 14.1. The maximum Gasteiger partial charge on any atom is -0.00201 e. The molecule has 240 valence electrons. The Morgan fingerprint density at radius 3 is 1.72 bits per heavy atom. The summed E-state index contributed by atoms with van der Waals surface area (Å²) >= 11 is 0. The van der Waals surface area contributed by atoms with Crippen molar-refractivity contribution in [1.29, 1.82) is 0 Å². The van der Waals surface area contributed by atoms with E-state index in [-0.39, 0.29) is 0 Å². The van der Waals surface area contributed by atoms with Crippen LogP contribution in [0.5, 0.6) is 0 Å². The van der Waals surface area contributed by atoms with Crippen LogP contribution in [0.25, 0.3) is 86.9 Å². The van der Waals surface area contributed by atoms with Crippen molar-refractivity contribution in [1.82, 2.24) is 0 Å². The fourth-order valence-electron chi connectivity index (χ4n) is 9.38. The molecule has 0 spiro atoms. The third-order valence-corrected chi connectivity index (χ3v) is 11.8. The Bertz CT molecular complexity index is 2680. The summed E-state index contributed by atoms with van der Waals surface area (Å²) < 4.78 is 0. The third-order valence-electron chi connectivity index (χ3n) is 11.8. The highest BCUT2D eigenvalue weighted by atomic mass is 14.2. The van der Waals surface area contributed by atoms with Gasteiger partial charge in [-0.2, -0.15) is 0 Å². The zero-order valence-electron chi connectivity index (χ0n) is 28.5. The average Bonchev–Trinajstić information content (AvgIpc) is 3.18. The van der Waals surface area contributed by atoms with Crippen LogP contribution in [0, 0.1) is 5.92 Å². The molecule has 0 heteroatoms. The first-order valence-corrected chi connectivity index (χ1v) is 18.6. The van der Waals surface area contributed by atoms with Crippen molar-refractivity contribution < 1.29 is 0 Å². The molecule has 0 radical (unpaired) electrons. The van der Waals surface area contributed by atoms with E-state index in [0.29, 0.717) is 0 Å². The van der Waals surface area contributed by atoms with Crippen LogP contribution in [-0.2, 0) is 6.42 Å². The molecular formula is C50H40. The highest BCUT2D eigenvalue weighted by Crippen LogP contribution is 2.47. The first-order chi connectivity index (χ1) is 24.8. The van der Waals surface area contributed by atoms with Crippen molar-refractivity contribution in [3.8, 4) is 22.3 Å². The Morgan fingerprint density at radius 1 is 0.380 bits per heavy atom. The molecule has 0 nitrogen and oxygen atoms in total. The zero-order chi connectivity index (χ0) is 33.0. The Balaban J connectivity index is 1.22. The highest BCUT2D eigenvalue weighted by molar-refractivity contribution is 6.25. The minimum Gasteiger partial charge on any atom is -0.0616 e. The summed E-state index contributed by atoms with van der Waals surface area (Å²) in [4.78, 5) is 0. The van der Waals surface area contributed by atoms with Gasteiger partial charge in [0.15, 0.2) is 0 Å². The fraction of sp³-hybridized carbons (Fsp3) is 0.160. The van der Waals surface area contributed by atoms with E-state index in [0.717, 1.165) is 12.3 Å². The lowest BCUT2D eigenvalue weighted by molar-refractivity contribution is 0.340. The van der Waals surface area contributed by atoms with Crippen molar-refractivity contribution >= 4 is 64.6 Å². The predicted molar refractivity (Wildman–Crippen MR) is 217 cm³/mol. The molecule has 0 heterocycles. The summed E-state index contributed by atoms with van der Waals surface area (Å²) in [5.74, 6) is 0.865. The summed E-state index contributed by atoms with van der Waals surface area (Å²) in [5, 5.41) is 16.0. The van der Waals surface area contributed by atoms with Gasteiger partial charge in [0.2, 0.25) is 0 Å². The number of benzene rings is 9. The quantitative estimate of drug-likeness (QED) is 0.130. The van der Waals surface area contributed by atoms with E-state index < -0.39 is 0 Å². The second kappa shape index (κ2) is 12.1. The average molecular weight is 641 g/mol. The molecule has 0 saturated heterocycles. The van der Waals surface area contributed by atoms with E-state index in [1.54, 1.807) is 0 Å². The maximum absolute atomic E-state index is 2.46. The van der Waals surface area contributed by atoms with E-state index in [4.69, 9.17) is 0 Å². The van der Waals surface area contributed by atoms with Gasteiger partial charge in [-0.3, -0.25) is 0 Å². The highest BCUT2D eigenvalue weighted by Gasteiger charge is 2.20. The van der Waals surface area contributed by atoms with Gasteiger partial charge in [0.25, 0.3) is 0 Å². The van der Waals surface area contributed by atoms with Crippen LogP contribution in [0.1, 0.15) is 44.1 Å². The van der Waals surface area contributed by atoms with Crippen molar-refractivity contribution in [3.63, 3.8) is 0 Å². The number of aryl methyl sites for hydroxylation is 1. The van der Waals surface area contributed by atoms with Gasteiger partial charge in [-0.1, -0.05) is 172 Å². The van der Waals surface area contributed by atoms with Crippen molar-refractivity contribution in [2.45, 2.75) is 44.9 Å². The summed E-state index contributed by atoms with van der Waals surface area (Å²) in [6.07, 6.45) is 9.47. The van der Waals surface area contributed by atoms with Gasteiger partial charge in [-0.15, -0.1) is 0 Å². The van der Waals surface area contributed by atoms with E-state index >= 15 is 0 Å². The summed E-state index contributed by atoms with van der Waals surface area (Å²) in [6, 6.07) is 57.1. The van der Waals surface area contributed by atoms with Crippen molar-refractivity contribution in [3.05, 3.63) is 157 Å².